The average Bonchev–Trinajstić information content (AvgIpc) is 2.70. The molecule has 0 saturated carbocycles. The minimum Gasteiger partial charge on any atom is -0.478 e. The highest BCUT2D eigenvalue weighted by Gasteiger charge is 2.14. The van der Waals surface area contributed by atoms with E-state index in [2.05, 4.69) is 10.3 Å². The van der Waals surface area contributed by atoms with Crippen molar-refractivity contribution >= 4 is 26.8 Å². The molecule has 2 rings (SSSR count). The average molecular weight is 283 g/mol. The number of carboxylic acid groups (broad SMARTS) is 1. The summed E-state index contributed by atoms with van der Waals surface area (Å²) in [5.41, 5.74) is 1.02. The molecule has 0 unspecified atom stereocenters. The number of aryl methyl sites for hydroxylation is 1. The van der Waals surface area contributed by atoms with Gasteiger partial charge in [0.15, 0.2) is 0 Å². The molecule has 0 amide bonds. The predicted octanol–water partition coefficient (Wildman–Crippen LogP) is 0.564. The number of hydrogen-bond donors (Lipinski definition) is 1. The lowest BCUT2D eigenvalue weighted by Gasteiger charge is -2.03. The van der Waals surface area contributed by atoms with Crippen molar-refractivity contribution in [2.24, 2.45) is 0 Å². The van der Waals surface area contributed by atoms with Gasteiger partial charge < -0.3 is 5.11 Å². The monoisotopic (exact) mass is 283 g/mol. The van der Waals surface area contributed by atoms with Crippen LogP contribution in [0.5, 0.6) is 0 Å². The first-order valence-corrected chi connectivity index (χ1v) is 7.68. The Kier molecular flexibility index (Phi) is 3.52. The fraction of sp³-hybridized carbons (Fsp3) is 0.364. The van der Waals surface area contributed by atoms with Crippen LogP contribution in [-0.2, 0) is 16.4 Å². The van der Waals surface area contributed by atoms with Crippen molar-refractivity contribution < 1.29 is 18.3 Å². The highest BCUT2D eigenvalue weighted by Crippen LogP contribution is 2.17. The smallest absolute Gasteiger partial charge is 0.337 e. The fourth-order valence-electron chi connectivity index (χ4n) is 1.84. The fourth-order valence-corrected chi connectivity index (χ4v) is 2.49. The van der Waals surface area contributed by atoms with E-state index < -0.39 is 15.8 Å². The number of nitrogens with zero attached hydrogens (tertiary/aromatic N) is 3. The van der Waals surface area contributed by atoms with Gasteiger partial charge in [-0.3, -0.25) is 0 Å². The van der Waals surface area contributed by atoms with E-state index in [1.165, 1.54) is 10.7 Å². The minimum atomic E-state index is -3.03. The Bertz CT molecular complexity index is 721. The summed E-state index contributed by atoms with van der Waals surface area (Å²) in [4.78, 5) is 11.1. The van der Waals surface area contributed by atoms with Crippen molar-refractivity contribution in [3.8, 4) is 0 Å². The van der Waals surface area contributed by atoms with Gasteiger partial charge in [-0.05, 0) is 18.6 Å². The molecule has 1 heterocycles. The van der Waals surface area contributed by atoms with Gasteiger partial charge >= 0.3 is 5.97 Å². The topological polar surface area (TPSA) is 102 Å². The van der Waals surface area contributed by atoms with Crippen LogP contribution in [-0.4, -0.2) is 46.5 Å². The molecule has 0 bridgehead atoms. The van der Waals surface area contributed by atoms with E-state index in [-0.39, 0.29) is 11.3 Å². The first kappa shape index (κ1) is 13.5. The maximum atomic E-state index is 11.1. The lowest BCUT2D eigenvalue weighted by Crippen LogP contribution is -2.10. The van der Waals surface area contributed by atoms with Crippen molar-refractivity contribution in [3.63, 3.8) is 0 Å². The van der Waals surface area contributed by atoms with Crippen LogP contribution in [0.3, 0.4) is 0 Å². The summed E-state index contributed by atoms with van der Waals surface area (Å²) < 4.78 is 23.6. The number of hydrogen-bond acceptors (Lipinski definition) is 5. The molecule has 0 fully saturated rings. The molecule has 1 aromatic carbocycles. The number of para-hydroxylation sites is 1. The molecular weight excluding hydrogens is 270 g/mol. The Morgan fingerprint density at radius 2 is 2.16 bits per heavy atom. The van der Waals surface area contributed by atoms with E-state index in [0.29, 0.717) is 24.0 Å². The van der Waals surface area contributed by atoms with Crippen LogP contribution in [0.2, 0.25) is 0 Å². The number of carboxylic acids is 1. The Hall–Kier alpha value is -1.96. The number of carbonyl (C=O) groups is 1. The third-order valence-corrected chi connectivity index (χ3v) is 3.68. The molecular formula is C11H13N3O4S. The zero-order chi connectivity index (χ0) is 14.0. The van der Waals surface area contributed by atoms with Gasteiger partial charge in [-0.1, -0.05) is 11.3 Å². The minimum absolute atomic E-state index is 0.0313. The summed E-state index contributed by atoms with van der Waals surface area (Å²) in [5, 5.41) is 16.9. The second-order valence-electron chi connectivity index (χ2n) is 4.27. The Labute approximate surface area is 109 Å². The third-order valence-electron chi connectivity index (χ3n) is 2.65. The highest BCUT2D eigenvalue weighted by atomic mass is 32.2. The predicted molar refractivity (Wildman–Crippen MR) is 68.8 cm³/mol. The van der Waals surface area contributed by atoms with Crippen molar-refractivity contribution in [2.45, 2.75) is 13.0 Å². The second-order valence-corrected chi connectivity index (χ2v) is 6.53. The van der Waals surface area contributed by atoms with Gasteiger partial charge in [-0.15, -0.1) is 5.10 Å². The van der Waals surface area contributed by atoms with Crippen LogP contribution in [0.25, 0.3) is 11.0 Å². The quantitative estimate of drug-likeness (QED) is 0.860. The molecule has 8 heteroatoms. The van der Waals surface area contributed by atoms with E-state index >= 15 is 0 Å². The third kappa shape index (κ3) is 3.08. The Balaban J connectivity index is 2.31. The van der Waals surface area contributed by atoms with Gasteiger partial charge in [0, 0.05) is 12.8 Å². The Morgan fingerprint density at radius 3 is 2.79 bits per heavy atom. The molecule has 1 N–H and O–H groups in total. The van der Waals surface area contributed by atoms with Crippen LogP contribution >= 0.6 is 0 Å². The highest BCUT2D eigenvalue weighted by molar-refractivity contribution is 7.90. The summed E-state index contributed by atoms with van der Waals surface area (Å²) in [6, 6.07) is 4.74. The van der Waals surface area contributed by atoms with Crippen molar-refractivity contribution in [1.29, 1.82) is 0 Å². The van der Waals surface area contributed by atoms with Crippen molar-refractivity contribution in [2.75, 3.05) is 12.0 Å². The van der Waals surface area contributed by atoms with Crippen molar-refractivity contribution in [3.05, 3.63) is 23.8 Å². The number of aromatic carboxylic acids is 1. The molecule has 0 aliphatic rings. The summed E-state index contributed by atoms with van der Waals surface area (Å²) in [7, 11) is -3.03. The molecule has 7 nitrogen and oxygen atoms in total. The number of aromatic nitrogens is 3. The lowest BCUT2D eigenvalue weighted by atomic mass is 10.2. The van der Waals surface area contributed by atoms with E-state index in [4.69, 9.17) is 5.11 Å². The van der Waals surface area contributed by atoms with Gasteiger partial charge in [0.05, 0.1) is 11.3 Å². The number of fused-ring (bicyclic) bond motifs is 1. The molecule has 1 aromatic heterocycles. The van der Waals surface area contributed by atoms with Crippen LogP contribution in [0.15, 0.2) is 18.2 Å². The van der Waals surface area contributed by atoms with Gasteiger partial charge in [-0.25, -0.2) is 17.9 Å². The summed E-state index contributed by atoms with van der Waals surface area (Å²) in [5.74, 6) is -1.03. The SMILES string of the molecule is CS(=O)(=O)CCCn1nnc2cccc(C(=O)O)c21. The molecule has 19 heavy (non-hydrogen) atoms. The number of benzene rings is 1. The normalized spacial score (nSPS) is 11.8. The summed E-state index contributed by atoms with van der Waals surface area (Å²) >= 11 is 0. The van der Waals surface area contributed by atoms with E-state index in [1.807, 2.05) is 0 Å². The second kappa shape index (κ2) is 4.96. The van der Waals surface area contributed by atoms with Crippen LogP contribution in [0.1, 0.15) is 16.8 Å². The van der Waals surface area contributed by atoms with Crippen molar-refractivity contribution in [1.82, 2.24) is 15.0 Å². The summed E-state index contributed by atoms with van der Waals surface area (Å²) in [6.45, 7) is 0.313. The summed E-state index contributed by atoms with van der Waals surface area (Å²) in [6.07, 6.45) is 1.53. The molecule has 0 saturated heterocycles. The molecule has 0 spiro atoms. The maximum absolute atomic E-state index is 11.1. The van der Waals surface area contributed by atoms with Crippen LogP contribution < -0.4 is 0 Å². The largest absolute Gasteiger partial charge is 0.478 e. The molecule has 0 atom stereocenters. The van der Waals surface area contributed by atoms with Gasteiger partial charge in [0.25, 0.3) is 0 Å². The molecule has 102 valence electrons. The van der Waals surface area contributed by atoms with Crippen LogP contribution in [0, 0.1) is 0 Å². The van der Waals surface area contributed by atoms with E-state index in [9.17, 15) is 13.2 Å². The lowest BCUT2D eigenvalue weighted by molar-refractivity contribution is 0.0698. The van der Waals surface area contributed by atoms with Gasteiger partial charge in [0.2, 0.25) is 0 Å². The maximum Gasteiger partial charge on any atom is 0.337 e. The van der Waals surface area contributed by atoms with E-state index in [0.717, 1.165) is 6.26 Å². The standard InChI is InChI=1S/C11H13N3O4S/c1-19(17,18)7-3-6-14-10-8(11(15)16)4-2-5-9(10)12-13-14/h2,4-5H,3,6-7H2,1H3,(H,15,16). The van der Waals surface area contributed by atoms with E-state index in [1.54, 1.807) is 12.1 Å². The van der Waals surface area contributed by atoms with Gasteiger partial charge in [0.1, 0.15) is 20.9 Å². The zero-order valence-corrected chi connectivity index (χ0v) is 11.1. The van der Waals surface area contributed by atoms with Crippen LogP contribution in [0.4, 0.5) is 0 Å². The van der Waals surface area contributed by atoms with Gasteiger partial charge in [-0.2, -0.15) is 0 Å². The number of rotatable bonds is 5. The Morgan fingerprint density at radius 1 is 1.42 bits per heavy atom. The molecule has 0 aliphatic carbocycles. The molecule has 0 radical (unpaired) electrons. The zero-order valence-electron chi connectivity index (χ0n) is 10.3. The first-order valence-electron chi connectivity index (χ1n) is 5.62. The molecule has 2 aromatic rings. The first-order chi connectivity index (χ1) is 8.88. The number of sulfone groups is 1. The molecule has 0 aliphatic heterocycles.